The Kier molecular flexibility index (Phi) is 7.43. The number of aryl methyl sites for hydroxylation is 3. The highest BCUT2D eigenvalue weighted by atomic mass is 32.1. The maximum atomic E-state index is 12.6. The molecule has 7 heteroatoms. The number of carbonyl (C=O) groups excluding carboxylic acids is 3. The number of likely N-dealkylation sites (N-methyl/N-ethyl adjacent to an activating group) is 1. The van der Waals surface area contributed by atoms with Crippen molar-refractivity contribution in [3.63, 3.8) is 0 Å². The van der Waals surface area contributed by atoms with Crippen molar-refractivity contribution in [2.75, 3.05) is 25.5 Å². The Morgan fingerprint density at radius 3 is 2.28 bits per heavy atom. The molecule has 3 aromatic rings. The molecule has 0 radical (unpaired) electrons. The molecule has 0 fully saturated rings. The first-order chi connectivity index (χ1) is 15.3. The predicted molar refractivity (Wildman–Crippen MR) is 127 cm³/mol. The van der Waals surface area contributed by atoms with Crippen LogP contribution in [0.25, 0.3) is 11.1 Å². The second-order valence-electron chi connectivity index (χ2n) is 7.67. The summed E-state index contributed by atoms with van der Waals surface area (Å²) < 4.78 is 5.24. The molecular weight excluding hydrogens is 424 g/mol. The molecule has 0 aliphatic carbocycles. The van der Waals surface area contributed by atoms with E-state index >= 15 is 0 Å². The molecule has 0 bridgehead atoms. The van der Waals surface area contributed by atoms with Gasteiger partial charge in [-0.3, -0.25) is 9.59 Å². The number of amides is 2. The number of nitrogens with one attached hydrogen (secondary N) is 1. The first-order valence-electron chi connectivity index (χ1n) is 10.2. The van der Waals surface area contributed by atoms with Crippen LogP contribution in [0.15, 0.2) is 53.9 Å². The normalized spacial score (nSPS) is 10.5. The highest BCUT2D eigenvalue weighted by Gasteiger charge is 2.20. The van der Waals surface area contributed by atoms with E-state index < -0.39 is 18.5 Å². The zero-order valence-corrected chi connectivity index (χ0v) is 19.4. The number of benzene rings is 2. The lowest BCUT2D eigenvalue weighted by atomic mass is 10.1. The molecule has 2 aromatic carbocycles. The van der Waals surface area contributed by atoms with Gasteiger partial charge in [-0.05, 0) is 48.9 Å². The van der Waals surface area contributed by atoms with Crippen LogP contribution in [0.1, 0.15) is 26.4 Å². The number of hydrogen-bond acceptors (Lipinski definition) is 5. The van der Waals surface area contributed by atoms with Crippen molar-refractivity contribution in [1.82, 2.24) is 4.90 Å². The van der Waals surface area contributed by atoms with Crippen LogP contribution in [0.5, 0.6) is 0 Å². The summed E-state index contributed by atoms with van der Waals surface area (Å²) in [7, 11) is 1.50. The van der Waals surface area contributed by atoms with Gasteiger partial charge in [0.15, 0.2) is 6.61 Å². The fraction of sp³-hybridized carbons (Fsp3) is 0.240. The Balaban J connectivity index is 1.55. The first kappa shape index (κ1) is 23.2. The zero-order chi connectivity index (χ0) is 23.3. The zero-order valence-electron chi connectivity index (χ0n) is 18.6. The number of rotatable bonds is 7. The predicted octanol–water partition coefficient (Wildman–Crippen LogP) is 4.59. The van der Waals surface area contributed by atoms with Crippen LogP contribution >= 0.6 is 11.3 Å². The average molecular weight is 451 g/mol. The van der Waals surface area contributed by atoms with Crippen molar-refractivity contribution in [3.05, 3.63) is 75.5 Å². The Labute approximate surface area is 191 Å². The number of esters is 1. The van der Waals surface area contributed by atoms with Crippen LogP contribution in [-0.4, -0.2) is 42.9 Å². The number of para-hydroxylation sites is 1. The molecule has 0 saturated carbocycles. The van der Waals surface area contributed by atoms with Crippen molar-refractivity contribution < 1.29 is 19.1 Å². The summed E-state index contributed by atoms with van der Waals surface area (Å²) >= 11 is 1.27. The highest BCUT2D eigenvalue weighted by molar-refractivity contribution is 7.12. The van der Waals surface area contributed by atoms with Crippen LogP contribution in [0, 0.1) is 20.8 Å². The third-order valence-corrected chi connectivity index (χ3v) is 5.99. The van der Waals surface area contributed by atoms with Gasteiger partial charge in [-0.1, -0.05) is 48.0 Å². The monoisotopic (exact) mass is 450 g/mol. The van der Waals surface area contributed by atoms with Gasteiger partial charge in [-0.2, -0.15) is 0 Å². The van der Waals surface area contributed by atoms with Crippen LogP contribution < -0.4 is 5.32 Å². The van der Waals surface area contributed by atoms with Gasteiger partial charge in [-0.15, -0.1) is 11.3 Å². The van der Waals surface area contributed by atoms with E-state index in [1.165, 1.54) is 23.3 Å². The largest absolute Gasteiger partial charge is 0.451 e. The topological polar surface area (TPSA) is 75.7 Å². The SMILES string of the molecule is Cc1ccc(-c2ccsc2C(=O)OCC(=O)N(C)CC(=O)Nc2c(C)cccc2C)cc1. The average Bonchev–Trinajstić information content (AvgIpc) is 3.25. The number of anilines is 1. The molecule has 3 rings (SSSR count). The first-order valence-corrected chi connectivity index (χ1v) is 11.1. The lowest BCUT2D eigenvalue weighted by molar-refractivity contribution is -0.136. The van der Waals surface area contributed by atoms with Gasteiger partial charge >= 0.3 is 5.97 Å². The lowest BCUT2D eigenvalue weighted by Crippen LogP contribution is -2.37. The molecule has 0 aliphatic rings. The second kappa shape index (κ2) is 10.2. The summed E-state index contributed by atoms with van der Waals surface area (Å²) in [6, 6.07) is 15.4. The van der Waals surface area contributed by atoms with Crippen LogP contribution in [0.3, 0.4) is 0 Å². The van der Waals surface area contributed by atoms with Crippen molar-refractivity contribution >= 4 is 34.8 Å². The summed E-state index contributed by atoms with van der Waals surface area (Å²) in [4.78, 5) is 39.0. The van der Waals surface area contributed by atoms with Crippen LogP contribution in [0.4, 0.5) is 5.69 Å². The molecule has 0 saturated heterocycles. The Bertz CT molecular complexity index is 1110. The molecule has 32 heavy (non-hydrogen) atoms. The molecule has 1 aromatic heterocycles. The van der Waals surface area contributed by atoms with Crippen molar-refractivity contribution in [1.29, 1.82) is 0 Å². The maximum absolute atomic E-state index is 12.6. The molecule has 1 heterocycles. The molecule has 166 valence electrons. The van der Waals surface area contributed by atoms with E-state index in [0.717, 1.165) is 33.5 Å². The molecule has 0 unspecified atom stereocenters. The van der Waals surface area contributed by atoms with Gasteiger partial charge in [0, 0.05) is 18.3 Å². The molecule has 1 N–H and O–H groups in total. The Morgan fingerprint density at radius 2 is 1.62 bits per heavy atom. The van der Waals surface area contributed by atoms with E-state index in [-0.39, 0.29) is 12.5 Å². The van der Waals surface area contributed by atoms with Gasteiger partial charge < -0.3 is 15.0 Å². The summed E-state index contributed by atoms with van der Waals surface area (Å²) in [5.41, 5.74) is 5.45. The fourth-order valence-electron chi connectivity index (χ4n) is 3.22. The maximum Gasteiger partial charge on any atom is 0.349 e. The summed E-state index contributed by atoms with van der Waals surface area (Å²) in [5.74, 6) is -1.33. The summed E-state index contributed by atoms with van der Waals surface area (Å²) in [6.45, 7) is 5.24. The van der Waals surface area contributed by atoms with E-state index in [0.29, 0.717) is 4.88 Å². The third-order valence-electron chi connectivity index (χ3n) is 5.09. The van der Waals surface area contributed by atoms with Crippen molar-refractivity contribution in [2.24, 2.45) is 0 Å². The second-order valence-corrected chi connectivity index (χ2v) is 8.59. The minimum atomic E-state index is -0.558. The van der Waals surface area contributed by atoms with E-state index in [1.807, 2.05) is 74.7 Å². The highest BCUT2D eigenvalue weighted by Crippen LogP contribution is 2.29. The van der Waals surface area contributed by atoms with E-state index in [4.69, 9.17) is 4.74 Å². The number of nitrogens with zero attached hydrogens (tertiary/aromatic N) is 1. The smallest absolute Gasteiger partial charge is 0.349 e. The minimum Gasteiger partial charge on any atom is -0.451 e. The van der Waals surface area contributed by atoms with Crippen molar-refractivity contribution in [2.45, 2.75) is 20.8 Å². The third kappa shape index (κ3) is 5.62. The quantitative estimate of drug-likeness (QED) is 0.534. The van der Waals surface area contributed by atoms with Crippen molar-refractivity contribution in [3.8, 4) is 11.1 Å². The molecule has 0 aliphatic heterocycles. The lowest BCUT2D eigenvalue weighted by Gasteiger charge is -2.18. The van der Waals surface area contributed by atoms with Crippen LogP contribution in [-0.2, 0) is 14.3 Å². The summed E-state index contributed by atoms with van der Waals surface area (Å²) in [6.07, 6.45) is 0. The van der Waals surface area contributed by atoms with Gasteiger partial charge in [0.05, 0.1) is 6.54 Å². The molecular formula is C25H26N2O4S. The van der Waals surface area contributed by atoms with Gasteiger partial charge in [0.1, 0.15) is 4.88 Å². The minimum absolute atomic E-state index is 0.141. The molecule has 2 amide bonds. The van der Waals surface area contributed by atoms with E-state index in [1.54, 1.807) is 0 Å². The number of hydrogen-bond donors (Lipinski definition) is 1. The molecule has 0 spiro atoms. The van der Waals surface area contributed by atoms with E-state index in [9.17, 15) is 14.4 Å². The van der Waals surface area contributed by atoms with E-state index in [2.05, 4.69) is 5.32 Å². The molecule has 0 atom stereocenters. The summed E-state index contributed by atoms with van der Waals surface area (Å²) in [5, 5.41) is 4.66. The standard InChI is InChI=1S/C25H26N2O4S/c1-16-8-10-19(11-9-16)20-12-13-32-24(20)25(30)31-15-22(29)27(4)14-21(28)26-23-17(2)6-5-7-18(23)3/h5-13H,14-15H2,1-4H3,(H,26,28). The number of ether oxygens (including phenoxy) is 1. The Hall–Kier alpha value is -3.45. The number of thiophene rings is 1. The van der Waals surface area contributed by atoms with Gasteiger partial charge in [0.25, 0.3) is 5.91 Å². The number of carbonyl (C=O) groups is 3. The van der Waals surface area contributed by atoms with Gasteiger partial charge in [-0.25, -0.2) is 4.79 Å². The Morgan fingerprint density at radius 1 is 0.969 bits per heavy atom. The fourth-order valence-corrected chi connectivity index (χ4v) is 4.03. The molecule has 6 nitrogen and oxygen atoms in total. The van der Waals surface area contributed by atoms with Crippen LogP contribution in [0.2, 0.25) is 0 Å². The van der Waals surface area contributed by atoms with Gasteiger partial charge in [0.2, 0.25) is 5.91 Å².